The molecule has 1 atom stereocenters. The van der Waals surface area contributed by atoms with Crippen LogP contribution in [-0.4, -0.2) is 75.3 Å². The van der Waals surface area contributed by atoms with E-state index in [4.69, 9.17) is 4.74 Å². The Morgan fingerprint density at radius 3 is 2.43 bits per heavy atom. The van der Waals surface area contributed by atoms with Crippen molar-refractivity contribution in [2.75, 3.05) is 47.4 Å². The van der Waals surface area contributed by atoms with Crippen molar-refractivity contribution in [1.29, 1.82) is 0 Å². The number of nitrogens with zero attached hydrogens (tertiary/aromatic N) is 3. The van der Waals surface area contributed by atoms with Crippen molar-refractivity contribution in [1.82, 2.24) is 15.1 Å². The lowest BCUT2D eigenvalue weighted by atomic mass is 9.96. The zero-order valence-corrected chi connectivity index (χ0v) is 17.6. The third-order valence-corrected chi connectivity index (χ3v) is 5.16. The number of guanidine groups is 1. The van der Waals surface area contributed by atoms with Gasteiger partial charge in [0.2, 0.25) is 0 Å². The lowest BCUT2D eigenvalue weighted by Crippen LogP contribution is -2.46. The van der Waals surface area contributed by atoms with E-state index < -0.39 is 0 Å². The molecule has 2 fully saturated rings. The van der Waals surface area contributed by atoms with Gasteiger partial charge in [-0.25, -0.2) is 0 Å². The first-order valence-corrected chi connectivity index (χ1v) is 8.83. The minimum Gasteiger partial charge on any atom is -0.381 e. The average molecular weight is 438 g/mol. The third kappa shape index (κ3) is 7.13. The van der Waals surface area contributed by atoms with Gasteiger partial charge in [0.1, 0.15) is 0 Å². The Morgan fingerprint density at radius 2 is 1.87 bits per heavy atom. The number of aliphatic imine (C=N–C) groups is 1. The van der Waals surface area contributed by atoms with Crippen LogP contribution in [0.15, 0.2) is 4.99 Å². The van der Waals surface area contributed by atoms with Crippen LogP contribution in [0.2, 0.25) is 0 Å². The maximum atomic E-state index is 5.43. The molecule has 23 heavy (non-hydrogen) atoms. The predicted octanol–water partition coefficient (Wildman–Crippen LogP) is 2.41. The van der Waals surface area contributed by atoms with E-state index in [1.165, 1.54) is 32.1 Å². The molecule has 0 radical (unpaired) electrons. The van der Waals surface area contributed by atoms with Crippen molar-refractivity contribution >= 4 is 29.9 Å². The standard InChI is InChI=1S/C17H34N4O.HI/c1-14(21(4)16-5-6-16)13-19-17(18-2)20(3)10-7-15-8-11-22-12-9-15;/h14-16H,5-13H2,1-4H3,(H,18,19);1H. The fourth-order valence-corrected chi connectivity index (χ4v) is 3.13. The van der Waals surface area contributed by atoms with Crippen molar-refractivity contribution in [3.63, 3.8) is 0 Å². The topological polar surface area (TPSA) is 40.1 Å². The molecule has 0 aromatic carbocycles. The average Bonchev–Trinajstić information content (AvgIpc) is 3.38. The molecule has 6 heteroatoms. The van der Waals surface area contributed by atoms with Gasteiger partial charge >= 0.3 is 0 Å². The molecule has 1 saturated heterocycles. The van der Waals surface area contributed by atoms with Gasteiger partial charge in [-0.15, -0.1) is 24.0 Å². The van der Waals surface area contributed by atoms with E-state index in [9.17, 15) is 0 Å². The highest BCUT2D eigenvalue weighted by Gasteiger charge is 2.29. The second kappa shape index (κ2) is 10.7. The van der Waals surface area contributed by atoms with Crippen molar-refractivity contribution in [3.8, 4) is 0 Å². The first-order valence-electron chi connectivity index (χ1n) is 8.83. The van der Waals surface area contributed by atoms with E-state index in [0.717, 1.165) is 44.2 Å². The van der Waals surface area contributed by atoms with Crippen LogP contribution in [0, 0.1) is 5.92 Å². The van der Waals surface area contributed by atoms with Gasteiger partial charge in [0.25, 0.3) is 0 Å². The molecule has 0 amide bonds. The van der Waals surface area contributed by atoms with E-state index in [1.807, 2.05) is 7.05 Å². The summed E-state index contributed by atoms with van der Waals surface area (Å²) in [6.45, 7) is 6.19. The molecule has 0 aromatic rings. The van der Waals surface area contributed by atoms with Crippen molar-refractivity contribution < 1.29 is 4.74 Å². The zero-order valence-electron chi connectivity index (χ0n) is 15.3. The molecule has 1 N–H and O–H groups in total. The van der Waals surface area contributed by atoms with E-state index in [-0.39, 0.29) is 24.0 Å². The van der Waals surface area contributed by atoms with E-state index in [1.54, 1.807) is 0 Å². The van der Waals surface area contributed by atoms with Crippen molar-refractivity contribution in [2.24, 2.45) is 10.9 Å². The molecule has 2 rings (SSSR count). The highest BCUT2D eigenvalue weighted by molar-refractivity contribution is 14.0. The van der Waals surface area contributed by atoms with Crippen molar-refractivity contribution in [3.05, 3.63) is 0 Å². The molecule has 1 unspecified atom stereocenters. The molecule has 1 heterocycles. The third-order valence-electron chi connectivity index (χ3n) is 5.16. The van der Waals surface area contributed by atoms with Gasteiger partial charge in [-0.2, -0.15) is 0 Å². The Labute approximate surface area is 159 Å². The summed E-state index contributed by atoms with van der Waals surface area (Å²) in [6, 6.07) is 1.36. The largest absolute Gasteiger partial charge is 0.381 e. The van der Waals surface area contributed by atoms with Crippen LogP contribution in [0.3, 0.4) is 0 Å². The molecule has 1 saturated carbocycles. The second-order valence-electron chi connectivity index (χ2n) is 6.94. The summed E-state index contributed by atoms with van der Waals surface area (Å²) in [5.41, 5.74) is 0. The summed E-state index contributed by atoms with van der Waals surface area (Å²) < 4.78 is 5.43. The molecule has 1 aliphatic heterocycles. The Balaban J connectivity index is 0.00000264. The van der Waals surface area contributed by atoms with Gasteiger partial charge < -0.3 is 15.0 Å². The number of halogens is 1. The Bertz CT molecular complexity index is 357. The summed E-state index contributed by atoms with van der Waals surface area (Å²) in [5.74, 6) is 1.83. The minimum atomic E-state index is 0. The number of hydrogen-bond donors (Lipinski definition) is 1. The highest BCUT2D eigenvalue weighted by Crippen LogP contribution is 2.26. The van der Waals surface area contributed by atoms with E-state index in [0.29, 0.717) is 6.04 Å². The number of likely N-dealkylation sites (N-methyl/N-ethyl adjacent to an activating group) is 1. The normalized spacial score (nSPS) is 21.0. The lowest BCUT2D eigenvalue weighted by Gasteiger charge is -2.29. The highest BCUT2D eigenvalue weighted by atomic mass is 127. The maximum absolute atomic E-state index is 5.43. The van der Waals surface area contributed by atoms with Gasteiger partial charge in [-0.3, -0.25) is 9.89 Å². The fraction of sp³-hybridized carbons (Fsp3) is 0.941. The SMILES string of the molecule is CN=C(NCC(C)N(C)C1CC1)N(C)CCC1CCOCC1.I. The summed E-state index contributed by atoms with van der Waals surface area (Å²) in [4.78, 5) is 9.18. The van der Waals surface area contributed by atoms with Gasteiger partial charge in [0.15, 0.2) is 5.96 Å². The smallest absolute Gasteiger partial charge is 0.193 e. The molecule has 1 aliphatic carbocycles. The first kappa shape index (κ1) is 21.0. The zero-order chi connectivity index (χ0) is 15.9. The summed E-state index contributed by atoms with van der Waals surface area (Å²) in [7, 11) is 6.26. The maximum Gasteiger partial charge on any atom is 0.193 e. The Kier molecular flexibility index (Phi) is 9.77. The van der Waals surface area contributed by atoms with Crippen LogP contribution >= 0.6 is 24.0 Å². The van der Waals surface area contributed by atoms with Crippen LogP contribution in [0.25, 0.3) is 0 Å². The van der Waals surface area contributed by atoms with Gasteiger partial charge in [-0.05, 0) is 52.0 Å². The number of ether oxygens (including phenoxy) is 1. The molecule has 0 aromatic heterocycles. The molecule has 136 valence electrons. The summed E-state index contributed by atoms with van der Waals surface area (Å²) in [5, 5.41) is 3.53. The predicted molar refractivity (Wildman–Crippen MR) is 108 cm³/mol. The Hall–Kier alpha value is -0.0800. The molecule has 2 aliphatic rings. The van der Waals surface area contributed by atoms with Gasteiger partial charge in [0.05, 0.1) is 0 Å². The minimum absolute atomic E-state index is 0. The fourth-order valence-electron chi connectivity index (χ4n) is 3.13. The van der Waals surface area contributed by atoms with E-state index >= 15 is 0 Å². The monoisotopic (exact) mass is 438 g/mol. The number of hydrogen-bond acceptors (Lipinski definition) is 3. The van der Waals surface area contributed by atoms with Crippen LogP contribution in [0.4, 0.5) is 0 Å². The van der Waals surface area contributed by atoms with Crippen LogP contribution in [0.1, 0.15) is 39.0 Å². The van der Waals surface area contributed by atoms with Crippen LogP contribution in [0.5, 0.6) is 0 Å². The summed E-state index contributed by atoms with van der Waals surface area (Å²) >= 11 is 0. The molecule has 0 bridgehead atoms. The molecular weight excluding hydrogens is 403 g/mol. The molecular formula is C17H35IN4O. The van der Waals surface area contributed by atoms with E-state index in [2.05, 4.69) is 41.1 Å². The van der Waals surface area contributed by atoms with Gasteiger partial charge in [-0.1, -0.05) is 0 Å². The Morgan fingerprint density at radius 1 is 1.22 bits per heavy atom. The number of nitrogens with one attached hydrogen (secondary N) is 1. The summed E-state index contributed by atoms with van der Waals surface area (Å²) in [6.07, 6.45) is 6.38. The second-order valence-corrected chi connectivity index (χ2v) is 6.94. The number of rotatable bonds is 7. The molecule has 5 nitrogen and oxygen atoms in total. The quantitative estimate of drug-likeness (QED) is 0.377. The van der Waals surface area contributed by atoms with Crippen LogP contribution in [-0.2, 0) is 4.74 Å². The van der Waals surface area contributed by atoms with Gasteiger partial charge in [0, 0.05) is 52.5 Å². The molecule has 0 spiro atoms. The van der Waals surface area contributed by atoms with Crippen molar-refractivity contribution in [2.45, 2.75) is 51.1 Å². The lowest BCUT2D eigenvalue weighted by molar-refractivity contribution is 0.0625. The first-order chi connectivity index (χ1) is 10.6. The van der Waals surface area contributed by atoms with Crippen LogP contribution < -0.4 is 5.32 Å².